The number of carbonyl (C=O) groups is 1. The molecule has 0 radical (unpaired) electrons. The van der Waals surface area contributed by atoms with Crippen molar-refractivity contribution in [2.24, 2.45) is 0 Å². The fourth-order valence-electron chi connectivity index (χ4n) is 1.52. The highest BCUT2D eigenvalue weighted by atomic mass is 19.1. The van der Waals surface area contributed by atoms with E-state index in [1.54, 1.807) is 6.07 Å². The van der Waals surface area contributed by atoms with Crippen molar-refractivity contribution < 1.29 is 23.4 Å². The van der Waals surface area contributed by atoms with E-state index in [0.717, 1.165) is 18.2 Å². The van der Waals surface area contributed by atoms with Gasteiger partial charge in [0.15, 0.2) is 5.69 Å². The normalized spacial score (nSPS) is 10.2. The molecule has 1 heterocycles. The smallest absolute Gasteiger partial charge is 0.354 e. The molecule has 0 aliphatic heterocycles. The summed E-state index contributed by atoms with van der Waals surface area (Å²) in [5.41, 5.74) is 0.166. The average Bonchev–Trinajstić information content (AvgIpc) is 2.35. The first-order valence-electron chi connectivity index (χ1n) is 5.32. The van der Waals surface area contributed by atoms with Crippen LogP contribution in [0.2, 0.25) is 0 Å². The summed E-state index contributed by atoms with van der Waals surface area (Å²) >= 11 is 0. The fraction of sp³-hybridized carbons (Fsp3) is 0.0769. The number of benzene rings is 1. The van der Waals surface area contributed by atoms with E-state index in [1.165, 1.54) is 12.3 Å². The Balaban J connectivity index is 2.16. The van der Waals surface area contributed by atoms with Crippen molar-refractivity contribution in [3.8, 4) is 5.75 Å². The number of halogens is 2. The van der Waals surface area contributed by atoms with E-state index < -0.39 is 17.6 Å². The van der Waals surface area contributed by atoms with E-state index in [0.29, 0.717) is 5.56 Å². The molecule has 2 aromatic rings. The van der Waals surface area contributed by atoms with Crippen LogP contribution in [0.3, 0.4) is 0 Å². The third-order valence-corrected chi connectivity index (χ3v) is 2.32. The minimum absolute atomic E-state index is 0.0160. The first-order valence-corrected chi connectivity index (χ1v) is 5.32. The van der Waals surface area contributed by atoms with Crippen molar-refractivity contribution >= 4 is 5.97 Å². The lowest BCUT2D eigenvalue weighted by Gasteiger charge is -2.08. The summed E-state index contributed by atoms with van der Waals surface area (Å²) in [7, 11) is 0. The van der Waals surface area contributed by atoms with Crippen LogP contribution in [0.4, 0.5) is 8.78 Å². The Kier molecular flexibility index (Phi) is 3.70. The van der Waals surface area contributed by atoms with Crippen LogP contribution in [0.25, 0.3) is 0 Å². The van der Waals surface area contributed by atoms with Gasteiger partial charge in [-0.15, -0.1) is 0 Å². The van der Waals surface area contributed by atoms with Crippen LogP contribution in [0, 0.1) is 11.6 Å². The number of carboxylic acid groups (broad SMARTS) is 1. The van der Waals surface area contributed by atoms with Gasteiger partial charge in [-0.1, -0.05) is 6.07 Å². The number of hydrogen-bond donors (Lipinski definition) is 1. The van der Waals surface area contributed by atoms with Gasteiger partial charge in [0.05, 0.1) is 0 Å². The van der Waals surface area contributed by atoms with Gasteiger partial charge in [0, 0.05) is 30.0 Å². The number of pyridine rings is 1. The molecule has 0 amide bonds. The van der Waals surface area contributed by atoms with Crippen molar-refractivity contribution in [2.75, 3.05) is 0 Å². The molecule has 1 N–H and O–H groups in total. The van der Waals surface area contributed by atoms with Gasteiger partial charge in [-0.05, 0) is 6.07 Å². The standard InChI is InChI=1S/C13H9F2NO3/c14-9-4-10(15)6-11(5-9)19-7-8-2-1-3-16-12(8)13(17)18/h1-6H,7H2,(H,17,18). The second-order valence-corrected chi connectivity index (χ2v) is 3.71. The second kappa shape index (κ2) is 5.43. The molecular weight excluding hydrogens is 256 g/mol. The summed E-state index contributed by atoms with van der Waals surface area (Å²) in [6, 6.07) is 5.82. The van der Waals surface area contributed by atoms with Gasteiger partial charge in [0.1, 0.15) is 24.0 Å². The molecule has 2 rings (SSSR count). The van der Waals surface area contributed by atoms with Gasteiger partial charge in [0.25, 0.3) is 0 Å². The maximum absolute atomic E-state index is 12.9. The van der Waals surface area contributed by atoms with Gasteiger partial charge >= 0.3 is 5.97 Å². The van der Waals surface area contributed by atoms with E-state index in [2.05, 4.69) is 4.98 Å². The summed E-state index contributed by atoms with van der Waals surface area (Å²) in [5, 5.41) is 8.91. The summed E-state index contributed by atoms with van der Waals surface area (Å²) < 4.78 is 31.0. The number of nitrogens with zero attached hydrogens (tertiary/aromatic N) is 1. The highest BCUT2D eigenvalue weighted by Crippen LogP contribution is 2.17. The third-order valence-electron chi connectivity index (χ3n) is 2.32. The molecule has 0 unspecified atom stereocenters. The zero-order chi connectivity index (χ0) is 13.8. The van der Waals surface area contributed by atoms with E-state index in [-0.39, 0.29) is 18.1 Å². The summed E-state index contributed by atoms with van der Waals surface area (Å²) in [6.45, 7) is -0.141. The minimum Gasteiger partial charge on any atom is -0.489 e. The molecule has 0 atom stereocenters. The molecule has 1 aromatic carbocycles. The monoisotopic (exact) mass is 265 g/mol. The second-order valence-electron chi connectivity index (χ2n) is 3.71. The zero-order valence-corrected chi connectivity index (χ0v) is 9.64. The quantitative estimate of drug-likeness (QED) is 0.923. The van der Waals surface area contributed by atoms with E-state index >= 15 is 0 Å². The topological polar surface area (TPSA) is 59.4 Å². The average molecular weight is 265 g/mol. The predicted molar refractivity (Wildman–Crippen MR) is 61.9 cm³/mol. The van der Waals surface area contributed by atoms with Gasteiger partial charge < -0.3 is 9.84 Å². The lowest BCUT2D eigenvalue weighted by atomic mass is 10.2. The first-order chi connectivity index (χ1) is 9.06. The van der Waals surface area contributed by atoms with Crippen molar-refractivity contribution in [1.29, 1.82) is 0 Å². The van der Waals surface area contributed by atoms with Crippen molar-refractivity contribution in [3.05, 3.63) is 59.4 Å². The van der Waals surface area contributed by atoms with E-state index in [1.807, 2.05) is 0 Å². The van der Waals surface area contributed by atoms with Crippen molar-refractivity contribution in [3.63, 3.8) is 0 Å². The van der Waals surface area contributed by atoms with Crippen molar-refractivity contribution in [1.82, 2.24) is 4.98 Å². The lowest BCUT2D eigenvalue weighted by Crippen LogP contribution is -2.08. The van der Waals surface area contributed by atoms with Gasteiger partial charge in [0.2, 0.25) is 0 Å². The number of ether oxygens (including phenoxy) is 1. The molecule has 98 valence electrons. The molecule has 0 saturated carbocycles. The van der Waals surface area contributed by atoms with Gasteiger partial charge in [-0.2, -0.15) is 0 Å². The highest BCUT2D eigenvalue weighted by molar-refractivity contribution is 5.86. The van der Waals surface area contributed by atoms with Crippen molar-refractivity contribution in [2.45, 2.75) is 6.61 Å². The molecule has 1 aromatic heterocycles. The van der Waals surface area contributed by atoms with Gasteiger partial charge in [-0.3, -0.25) is 0 Å². The molecule has 0 bridgehead atoms. The minimum atomic E-state index is -1.19. The number of aromatic carboxylic acids is 1. The molecular formula is C13H9F2NO3. The van der Waals surface area contributed by atoms with Crippen LogP contribution < -0.4 is 4.74 Å². The number of hydrogen-bond acceptors (Lipinski definition) is 3. The van der Waals surface area contributed by atoms with Crippen LogP contribution >= 0.6 is 0 Å². The number of rotatable bonds is 4. The molecule has 0 aliphatic carbocycles. The lowest BCUT2D eigenvalue weighted by molar-refractivity contribution is 0.0687. The zero-order valence-electron chi connectivity index (χ0n) is 9.64. The van der Waals surface area contributed by atoms with Crippen LogP contribution in [0.1, 0.15) is 16.1 Å². The van der Waals surface area contributed by atoms with Crippen LogP contribution in [0.15, 0.2) is 36.5 Å². The summed E-state index contributed by atoms with van der Waals surface area (Å²) in [4.78, 5) is 14.6. The highest BCUT2D eigenvalue weighted by Gasteiger charge is 2.11. The molecule has 19 heavy (non-hydrogen) atoms. The maximum atomic E-state index is 12.9. The van der Waals surface area contributed by atoms with Gasteiger partial charge in [-0.25, -0.2) is 18.6 Å². The molecule has 4 nitrogen and oxygen atoms in total. The Morgan fingerprint density at radius 2 is 1.95 bits per heavy atom. The largest absolute Gasteiger partial charge is 0.489 e. The Morgan fingerprint density at radius 3 is 2.58 bits per heavy atom. The first kappa shape index (κ1) is 12.9. The summed E-state index contributed by atoms with van der Waals surface area (Å²) in [5.74, 6) is -2.73. The Labute approximate surface area is 107 Å². The SMILES string of the molecule is O=C(O)c1ncccc1COc1cc(F)cc(F)c1. The predicted octanol–water partition coefficient (Wildman–Crippen LogP) is 2.64. The Morgan fingerprint density at radius 1 is 1.26 bits per heavy atom. The molecule has 6 heteroatoms. The maximum Gasteiger partial charge on any atom is 0.354 e. The van der Waals surface area contributed by atoms with E-state index in [4.69, 9.17) is 9.84 Å². The molecule has 0 fully saturated rings. The third kappa shape index (κ3) is 3.25. The fourth-order valence-corrected chi connectivity index (χ4v) is 1.52. The number of aromatic nitrogens is 1. The van der Waals surface area contributed by atoms with Crippen LogP contribution in [0.5, 0.6) is 5.75 Å². The van der Waals surface area contributed by atoms with Crippen LogP contribution in [-0.2, 0) is 6.61 Å². The summed E-state index contributed by atoms with van der Waals surface area (Å²) in [6.07, 6.45) is 1.34. The Hall–Kier alpha value is -2.50. The van der Waals surface area contributed by atoms with Crippen LogP contribution in [-0.4, -0.2) is 16.1 Å². The van der Waals surface area contributed by atoms with E-state index in [9.17, 15) is 13.6 Å². The molecule has 0 spiro atoms. The number of carboxylic acids is 1. The molecule has 0 saturated heterocycles. The Bertz CT molecular complexity index is 596. The molecule has 0 aliphatic rings.